The number of para-hydroxylation sites is 1. The Morgan fingerprint density at radius 2 is 2.06 bits per heavy atom. The number of aromatic nitrogens is 1. The van der Waals surface area contributed by atoms with E-state index in [1.54, 1.807) is 17.7 Å². The molecule has 3 N–H and O–H groups in total. The van der Waals surface area contributed by atoms with Crippen molar-refractivity contribution in [3.05, 3.63) is 36.0 Å². The number of carbonyl (C=O) groups excluding carboxylic acids is 1. The van der Waals surface area contributed by atoms with Crippen LogP contribution < -0.4 is 5.32 Å². The van der Waals surface area contributed by atoms with Crippen LogP contribution in [0.15, 0.2) is 30.3 Å². The summed E-state index contributed by atoms with van der Waals surface area (Å²) in [5.41, 5.74) is 1.25. The van der Waals surface area contributed by atoms with Crippen molar-refractivity contribution in [3.63, 3.8) is 0 Å². The van der Waals surface area contributed by atoms with Crippen molar-refractivity contribution in [2.45, 2.75) is 0 Å². The zero-order chi connectivity index (χ0) is 13.3. The molecule has 1 aromatic carbocycles. The van der Waals surface area contributed by atoms with Crippen LogP contribution in [0.2, 0.25) is 0 Å². The lowest BCUT2D eigenvalue weighted by molar-refractivity contribution is 0.0949. The molecule has 0 radical (unpaired) electrons. The number of aryl methyl sites for hydroxylation is 1. The summed E-state index contributed by atoms with van der Waals surface area (Å²) in [7, 11) is -2.50. The average molecular weight is 268 g/mol. The van der Waals surface area contributed by atoms with E-state index in [0.29, 0.717) is 5.69 Å². The molecular weight excluding hydrogens is 255 g/mol. The van der Waals surface area contributed by atoms with Gasteiger partial charge in [0.25, 0.3) is 5.91 Å². The van der Waals surface area contributed by atoms with E-state index in [1.807, 2.05) is 24.3 Å². The molecular formula is C11H13N2O4P. The first kappa shape index (κ1) is 12.8. The molecule has 0 bridgehead atoms. The summed E-state index contributed by atoms with van der Waals surface area (Å²) in [6, 6.07) is 9.15. The Morgan fingerprint density at radius 3 is 2.67 bits per heavy atom. The minimum atomic E-state index is -4.23. The molecule has 0 saturated carbocycles. The van der Waals surface area contributed by atoms with E-state index >= 15 is 0 Å². The quantitative estimate of drug-likeness (QED) is 0.725. The monoisotopic (exact) mass is 268 g/mol. The summed E-state index contributed by atoms with van der Waals surface area (Å²) in [4.78, 5) is 29.2. The Kier molecular flexibility index (Phi) is 3.26. The zero-order valence-electron chi connectivity index (χ0n) is 9.70. The first-order valence-electron chi connectivity index (χ1n) is 5.26. The van der Waals surface area contributed by atoms with E-state index in [2.05, 4.69) is 5.32 Å². The molecule has 0 spiro atoms. The first-order valence-corrected chi connectivity index (χ1v) is 7.05. The molecule has 7 heteroatoms. The van der Waals surface area contributed by atoms with E-state index in [-0.39, 0.29) is 0 Å². The van der Waals surface area contributed by atoms with Crippen molar-refractivity contribution in [3.8, 4) is 0 Å². The van der Waals surface area contributed by atoms with Crippen LogP contribution >= 0.6 is 7.60 Å². The van der Waals surface area contributed by atoms with Gasteiger partial charge in [-0.3, -0.25) is 9.36 Å². The highest BCUT2D eigenvalue weighted by molar-refractivity contribution is 7.51. The molecule has 0 saturated heterocycles. The standard InChI is InChI=1S/C11H13N2O4P/c1-13-9-5-3-2-4-8(9)6-10(13)11(14)12-7-18(15,16)17/h2-6H,7H2,1H3,(H,12,14)(H2,15,16,17). The zero-order valence-corrected chi connectivity index (χ0v) is 10.6. The second-order valence-corrected chi connectivity index (χ2v) is 5.62. The molecule has 0 aliphatic heterocycles. The molecule has 0 aliphatic carbocycles. The minimum absolute atomic E-state index is 0.365. The van der Waals surface area contributed by atoms with Gasteiger partial charge >= 0.3 is 7.60 Å². The highest BCUT2D eigenvalue weighted by atomic mass is 31.2. The Balaban J connectivity index is 2.28. The van der Waals surface area contributed by atoms with Crippen LogP contribution in [0.5, 0.6) is 0 Å². The van der Waals surface area contributed by atoms with Gasteiger partial charge < -0.3 is 19.7 Å². The average Bonchev–Trinajstić information content (AvgIpc) is 2.64. The fourth-order valence-electron chi connectivity index (χ4n) is 1.77. The SMILES string of the molecule is Cn1c(C(=O)NCP(=O)(O)O)cc2ccccc21. The van der Waals surface area contributed by atoms with Crippen molar-refractivity contribution < 1.29 is 19.1 Å². The van der Waals surface area contributed by atoms with Crippen LogP contribution in [-0.4, -0.2) is 26.5 Å². The van der Waals surface area contributed by atoms with Gasteiger partial charge in [-0.2, -0.15) is 0 Å². The molecule has 1 aromatic heterocycles. The number of rotatable bonds is 3. The molecule has 1 heterocycles. The summed E-state index contributed by atoms with van der Waals surface area (Å²) >= 11 is 0. The lowest BCUT2D eigenvalue weighted by Crippen LogP contribution is -2.26. The van der Waals surface area contributed by atoms with Crippen LogP contribution in [0, 0.1) is 0 Å². The number of amides is 1. The predicted molar refractivity (Wildman–Crippen MR) is 67.3 cm³/mol. The van der Waals surface area contributed by atoms with Crippen molar-refractivity contribution in [1.29, 1.82) is 0 Å². The molecule has 6 nitrogen and oxygen atoms in total. The van der Waals surface area contributed by atoms with Gasteiger partial charge in [0.2, 0.25) is 0 Å². The molecule has 0 aliphatic rings. The number of carbonyl (C=O) groups is 1. The van der Waals surface area contributed by atoms with Gasteiger partial charge in [-0.15, -0.1) is 0 Å². The third-order valence-corrected chi connectivity index (χ3v) is 3.20. The Morgan fingerprint density at radius 1 is 1.39 bits per heavy atom. The Hall–Kier alpha value is -1.62. The fraction of sp³-hybridized carbons (Fsp3) is 0.182. The van der Waals surface area contributed by atoms with Crippen molar-refractivity contribution in [2.75, 3.05) is 6.29 Å². The third kappa shape index (κ3) is 2.61. The van der Waals surface area contributed by atoms with Crippen molar-refractivity contribution in [2.24, 2.45) is 7.05 Å². The smallest absolute Gasteiger partial charge is 0.340 e. The molecule has 1 amide bonds. The highest BCUT2D eigenvalue weighted by Crippen LogP contribution is 2.32. The van der Waals surface area contributed by atoms with Crippen LogP contribution in [0.4, 0.5) is 0 Å². The Bertz CT molecular complexity index is 644. The fourth-order valence-corrected chi connectivity index (χ4v) is 2.12. The number of fused-ring (bicyclic) bond motifs is 1. The van der Waals surface area contributed by atoms with Crippen LogP contribution in [-0.2, 0) is 11.6 Å². The van der Waals surface area contributed by atoms with Gasteiger partial charge in [0.1, 0.15) is 12.0 Å². The maximum atomic E-state index is 11.8. The lowest BCUT2D eigenvalue weighted by Gasteiger charge is -2.07. The summed E-state index contributed by atoms with van der Waals surface area (Å²) in [6.07, 6.45) is -0.659. The van der Waals surface area contributed by atoms with Gasteiger partial charge in [-0.05, 0) is 12.1 Å². The minimum Gasteiger partial charge on any atom is -0.340 e. The maximum Gasteiger partial charge on any atom is 0.344 e. The molecule has 2 aromatic rings. The number of nitrogens with one attached hydrogen (secondary N) is 1. The molecule has 0 fully saturated rings. The molecule has 18 heavy (non-hydrogen) atoms. The molecule has 0 unspecified atom stereocenters. The van der Waals surface area contributed by atoms with E-state index in [0.717, 1.165) is 10.9 Å². The van der Waals surface area contributed by atoms with Crippen LogP contribution in [0.3, 0.4) is 0 Å². The third-order valence-electron chi connectivity index (χ3n) is 2.63. The van der Waals surface area contributed by atoms with Crippen molar-refractivity contribution in [1.82, 2.24) is 9.88 Å². The Labute approximate surface area is 103 Å². The highest BCUT2D eigenvalue weighted by Gasteiger charge is 2.17. The van der Waals surface area contributed by atoms with E-state index in [1.165, 1.54) is 0 Å². The molecule has 96 valence electrons. The van der Waals surface area contributed by atoms with Crippen LogP contribution in [0.25, 0.3) is 10.9 Å². The number of benzene rings is 1. The van der Waals surface area contributed by atoms with Gasteiger partial charge in [0, 0.05) is 18.0 Å². The van der Waals surface area contributed by atoms with Crippen molar-refractivity contribution >= 4 is 24.4 Å². The van der Waals surface area contributed by atoms with Gasteiger partial charge in [0.05, 0.1) is 0 Å². The number of hydrogen-bond acceptors (Lipinski definition) is 2. The van der Waals surface area contributed by atoms with Gasteiger partial charge in [-0.25, -0.2) is 0 Å². The van der Waals surface area contributed by atoms with Gasteiger partial charge in [0.15, 0.2) is 0 Å². The first-order chi connectivity index (χ1) is 8.38. The summed E-state index contributed by atoms with van der Waals surface area (Å²) < 4.78 is 12.4. The summed E-state index contributed by atoms with van der Waals surface area (Å²) in [5.74, 6) is -0.503. The maximum absolute atomic E-state index is 11.8. The lowest BCUT2D eigenvalue weighted by atomic mass is 10.2. The normalized spacial score (nSPS) is 11.7. The number of nitrogens with zero attached hydrogens (tertiary/aromatic N) is 1. The van der Waals surface area contributed by atoms with E-state index in [9.17, 15) is 9.36 Å². The van der Waals surface area contributed by atoms with Crippen LogP contribution in [0.1, 0.15) is 10.5 Å². The van der Waals surface area contributed by atoms with E-state index in [4.69, 9.17) is 9.79 Å². The second kappa shape index (κ2) is 4.57. The summed E-state index contributed by atoms with van der Waals surface area (Å²) in [5, 5.41) is 3.12. The van der Waals surface area contributed by atoms with E-state index < -0.39 is 19.8 Å². The number of hydrogen-bond donors (Lipinski definition) is 3. The molecule has 0 atom stereocenters. The summed E-state index contributed by atoms with van der Waals surface area (Å²) in [6.45, 7) is 0. The van der Waals surface area contributed by atoms with Gasteiger partial charge in [-0.1, -0.05) is 18.2 Å². The molecule has 2 rings (SSSR count). The second-order valence-electron chi connectivity index (χ2n) is 3.98. The topological polar surface area (TPSA) is 91.6 Å². The largest absolute Gasteiger partial charge is 0.344 e. The predicted octanol–water partition coefficient (Wildman–Crippen LogP) is 1.04.